The molecule has 0 aromatic rings. The lowest BCUT2D eigenvalue weighted by molar-refractivity contribution is -0.706. The summed E-state index contributed by atoms with van der Waals surface area (Å²) in [5, 5.41) is 4.46. The summed E-state index contributed by atoms with van der Waals surface area (Å²) in [6.45, 7) is 8.46. The Morgan fingerprint density at radius 1 is 1.21 bits per heavy atom. The fourth-order valence-electron chi connectivity index (χ4n) is 10.5. The first-order valence-corrected chi connectivity index (χ1v) is 20.9. The van der Waals surface area contributed by atoms with Crippen molar-refractivity contribution in [3.63, 3.8) is 0 Å². The number of nitrogens with two attached hydrogens (primary N) is 3. The molecule has 2 aliphatic carbocycles. The highest BCUT2D eigenvalue weighted by Crippen LogP contribution is 2.61. The number of carbonyl (C=O) groups excluding carboxylic acids is 3. The van der Waals surface area contributed by atoms with Crippen molar-refractivity contribution in [2.75, 3.05) is 38.2 Å². The molecule has 5 saturated heterocycles. The van der Waals surface area contributed by atoms with E-state index in [4.69, 9.17) is 19.9 Å². The Kier molecular flexibility index (Phi) is 10.1. The topological polar surface area (TPSA) is 141 Å². The summed E-state index contributed by atoms with van der Waals surface area (Å²) in [7, 11) is 5.89. The summed E-state index contributed by atoms with van der Waals surface area (Å²) in [6.07, 6.45) is 9.50. The molecule has 7 unspecified atom stereocenters. The Balaban J connectivity index is 1.28. The number of amides is 1. The van der Waals surface area contributed by atoms with E-state index < -0.39 is 11.2 Å². The summed E-state index contributed by atoms with van der Waals surface area (Å²) in [6, 6.07) is 0.290. The molecule has 6 N–H and O–H groups in total. The van der Waals surface area contributed by atoms with E-state index in [9.17, 15) is 14.4 Å². The lowest BCUT2D eigenvalue weighted by atomic mass is 9.56. The van der Waals surface area contributed by atoms with Crippen molar-refractivity contribution < 1.29 is 39.2 Å². The minimum absolute atomic E-state index is 0.0511. The van der Waals surface area contributed by atoms with Crippen LogP contribution in [0.25, 0.3) is 0 Å². The molecular formula is C36H56N4O6S2+2. The highest BCUT2D eigenvalue weighted by Gasteiger charge is 2.68. The summed E-state index contributed by atoms with van der Waals surface area (Å²) in [5.74, 6) is 2.98. The molecule has 5 heterocycles. The molecule has 12 atom stereocenters. The monoisotopic (exact) mass is 704 g/mol. The molecule has 0 radical (unpaired) electrons. The average molecular weight is 705 g/mol. The van der Waals surface area contributed by atoms with Crippen LogP contribution in [0, 0.1) is 35.5 Å². The van der Waals surface area contributed by atoms with E-state index in [2.05, 4.69) is 35.6 Å². The van der Waals surface area contributed by atoms with Gasteiger partial charge in [0.1, 0.15) is 23.5 Å². The van der Waals surface area contributed by atoms with Gasteiger partial charge in [-0.25, -0.2) is 4.79 Å². The molecule has 1 spiro atoms. The van der Waals surface area contributed by atoms with Crippen LogP contribution < -0.4 is 16.4 Å². The van der Waals surface area contributed by atoms with Crippen LogP contribution in [-0.4, -0.2) is 96.6 Å². The maximum atomic E-state index is 14.1. The molecule has 1 saturated carbocycles. The molecule has 1 amide bonds. The largest absolute Gasteiger partial charge is 0.462 e. The third-order valence-electron chi connectivity index (χ3n) is 13.2. The number of carbonyl (C=O) groups is 3. The molecule has 0 aromatic heterocycles. The number of allylic oxidation sites excluding steroid dienone is 1. The van der Waals surface area contributed by atoms with Gasteiger partial charge in [-0.1, -0.05) is 39.3 Å². The molecule has 7 aliphatic rings. The fraction of sp³-hybridized carbons (Fsp3) is 0.806. The van der Waals surface area contributed by atoms with E-state index in [-0.39, 0.29) is 65.9 Å². The zero-order chi connectivity index (χ0) is 33.8. The smallest absolute Gasteiger partial charge is 0.334 e. The third kappa shape index (κ3) is 6.18. The van der Waals surface area contributed by atoms with Gasteiger partial charge < -0.3 is 29.7 Å². The molecule has 10 nitrogen and oxygen atoms in total. The zero-order valence-electron chi connectivity index (χ0n) is 29.1. The average Bonchev–Trinajstić information content (AvgIpc) is 3.42. The van der Waals surface area contributed by atoms with Crippen LogP contribution >= 0.6 is 21.6 Å². The van der Waals surface area contributed by atoms with Crippen molar-refractivity contribution in [3.05, 3.63) is 23.3 Å². The summed E-state index contributed by atoms with van der Waals surface area (Å²) in [5.41, 5.74) is 7.00. The molecule has 266 valence electrons. The van der Waals surface area contributed by atoms with Gasteiger partial charge in [0.25, 0.3) is 0 Å². The highest BCUT2D eigenvalue weighted by molar-refractivity contribution is 8.76. The van der Waals surface area contributed by atoms with Crippen LogP contribution in [0.5, 0.6) is 0 Å². The van der Waals surface area contributed by atoms with Gasteiger partial charge in [0.05, 0.1) is 32.3 Å². The van der Waals surface area contributed by atoms with Gasteiger partial charge in [-0.2, -0.15) is 0 Å². The lowest BCUT2D eigenvalue weighted by Crippen LogP contribution is -2.96. The lowest BCUT2D eigenvalue weighted by Gasteiger charge is -2.56. The maximum Gasteiger partial charge on any atom is 0.334 e. The highest BCUT2D eigenvalue weighted by atomic mass is 33.1. The predicted octanol–water partition coefficient (Wildman–Crippen LogP) is 1.75. The van der Waals surface area contributed by atoms with Gasteiger partial charge in [0.2, 0.25) is 5.91 Å². The number of hydrogen-bond donors (Lipinski definition) is 3. The summed E-state index contributed by atoms with van der Waals surface area (Å²) in [4.78, 5) is 42.2. The quantitative estimate of drug-likeness (QED) is 0.173. The Bertz CT molecular complexity index is 1350. The van der Waals surface area contributed by atoms with Crippen molar-refractivity contribution in [2.24, 2.45) is 41.2 Å². The Morgan fingerprint density at radius 2 is 2.04 bits per heavy atom. The first-order chi connectivity index (χ1) is 23.1. The van der Waals surface area contributed by atoms with Crippen molar-refractivity contribution >= 4 is 39.4 Å². The van der Waals surface area contributed by atoms with Crippen LogP contribution in [0.3, 0.4) is 0 Å². The normalized spacial score (nSPS) is 44.7. The second kappa shape index (κ2) is 13.9. The van der Waals surface area contributed by atoms with Gasteiger partial charge in [-0.15, -0.1) is 0 Å². The number of quaternary nitrogens is 2. The van der Waals surface area contributed by atoms with E-state index >= 15 is 0 Å². The molecule has 48 heavy (non-hydrogen) atoms. The minimum atomic E-state index is -0.914. The zero-order valence-corrected chi connectivity index (χ0v) is 30.7. The second-order valence-electron chi connectivity index (χ2n) is 15.9. The number of ether oxygens (including phenoxy) is 3. The third-order valence-corrected chi connectivity index (χ3v) is 15.6. The summed E-state index contributed by atoms with van der Waals surface area (Å²) >= 11 is 0. The van der Waals surface area contributed by atoms with Crippen molar-refractivity contribution in [2.45, 2.75) is 108 Å². The van der Waals surface area contributed by atoms with E-state index in [1.807, 2.05) is 41.5 Å². The van der Waals surface area contributed by atoms with Gasteiger partial charge >= 0.3 is 11.9 Å². The summed E-state index contributed by atoms with van der Waals surface area (Å²) < 4.78 is 20.1. The molecule has 5 aliphatic heterocycles. The predicted molar refractivity (Wildman–Crippen MR) is 185 cm³/mol. The van der Waals surface area contributed by atoms with Crippen LogP contribution in [0.4, 0.5) is 0 Å². The molecular weight excluding hydrogens is 649 g/mol. The van der Waals surface area contributed by atoms with Gasteiger partial charge in [0.15, 0.2) is 0 Å². The van der Waals surface area contributed by atoms with E-state index in [0.717, 1.165) is 56.8 Å². The van der Waals surface area contributed by atoms with Gasteiger partial charge in [-0.05, 0) is 57.8 Å². The van der Waals surface area contributed by atoms with Gasteiger partial charge in [0, 0.05) is 73.5 Å². The Labute approximate surface area is 293 Å². The van der Waals surface area contributed by atoms with Crippen LogP contribution in [0.15, 0.2) is 23.3 Å². The fourth-order valence-corrected chi connectivity index (χ4v) is 13.0. The second-order valence-corrected chi connectivity index (χ2v) is 18.4. The van der Waals surface area contributed by atoms with Gasteiger partial charge in [-0.3, -0.25) is 15.3 Å². The standard InChI is InChI=1S/C36H54N4O6S2/c1-5-20(2)34(43)46-35(3)9-8-22-18-47-48-19-27-25(15-38-4)17-40(27)31(41)11-24-16-39-30(37)12-26(24)33(22)36(35)14-23-10-21-6-7-32(42)44-28(21)13-29(23)45-36/h5,8,21,23-30,33,38-39H,6-7,9-19,37H2,1-4H3/p+2/t21?,23?,24?,25-,26?,27-,28?,29?,30?,33-,35-,36-/m0/s1. The number of nitrogens with zero attached hydrogens (tertiary/aromatic N) is 1. The maximum absolute atomic E-state index is 14.1. The number of rotatable bonds is 4. The Hall–Kier alpha value is -1.57. The molecule has 7 rings (SSSR count). The van der Waals surface area contributed by atoms with Crippen molar-refractivity contribution in [3.8, 4) is 0 Å². The van der Waals surface area contributed by atoms with Crippen molar-refractivity contribution in [1.82, 2.24) is 4.90 Å². The molecule has 0 bridgehead atoms. The van der Waals surface area contributed by atoms with E-state index in [1.165, 1.54) is 5.57 Å². The van der Waals surface area contributed by atoms with Crippen LogP contribution in [0.2, 0.25) is 0 Å². The Morgan fingerprint density at radius 3 is 2.83 bits per heavy atom. The van der Waals surface area contributed by atoms with E-state index in [1.54, 1.807) is 0 Å². The van der Waals surface area contributed by atoms with Crippen LogP contribution in [-0.2, 0) is 28.6 Å². The van der Waals surface area contributed by atoms with Crippen molar-refractivity contribution in [1.29, 1.82) is 0 Å². The number of fused-ring (bicyclic) bond motifs is 7. The molecule has 0 aromatic carbocycles. The van der Waals surface area contributed by atoms with E-state index in [0.29, 0.717) is 43.1 Å². The first-order valence-electron chi connectivity index (χ1n) is 18.4. The van der Waals surface area contributed by atoms with Crippen LogP contribution in [0.1, 0.15) is 72.1 Å². The number of hydrogen-bond acceptors (Lipinski definition) is 9. The SMILES string of the molecule is CC=C(C)C(=O)O[C@@]1(C)CC=C2CSSC[C@H]3[C@@H](C[NH2+]C)CN3C(=O)CC3C[NH2+]C(N)CC3[C@H]2[C@@]12CC1CC3CCC(=O)OC3CC1O2. The molecule has 6 fully saturated rings. The number of esters is 2. The molecule has 12 heteroatoms. The first kappa shape index (κ1) is 34.9. The minimum Gasteiger partial charge on any atom is -0.462 e. The number of piperidine rings is 1.